The third kappa shape index (κ3) is 3.71. The fourth-order valence-electron chi connectivity index (χ4n) is 1.75. The lowest BCUT2D eigenvalue weighted by Crippen LogP contribution is -2.38. The number of aromatic nitrogens is 1. The van der Waals surface area contributed by atoms with Crippen LogP contribution >= 0.6 is 0 Å². The van der Waals surface area contributed by atoms with Gasteiger partial charge in [-0.2, -0.15) is 0 Å². The van der Waals surface area contributed by atoms with Crippen LogP contribution in [0.3, 0.4) is 0 Å². The van der Waals surface area contributed by atoms with Gasteiger partial charge in [-0.1, -0.05) is 30.3 Å². The number of hydrogen-bond donors (Lipinski definition) is 1. The molecule has 5 heteroatoms. The standard InChI is InChI=1S/C15H13FN2O2/c16-12-6-7-14(17-9-12)15(20)18-13(10-19)8-11-4-2-1-3-5-11/h1-7,9-10,13H,8H2,(H,18,20). The molecule has 0 saturated heterocycles. The highest BCUT2D eigenvalue weighted by atomic mass is 19.1. The van der Waals surface area contributed by atoms with Crippen LogP contribution in [-0.4, -0.2) is 23.2 Å². The third-order valence-electron chi connectivity index (χ3n) is 2.74. The molecular formula is C15H13FN2O2. The smallest absolute Gasteiger partial charge is 0.270 e. The van der Waals surface area contributed by atoms with Gasteiger partial charge in [-0.15, -0.1) is 0 Å². The molecule has 0 aliphatic rings. The molecule has 0 radical (unpaired) electrons. The lowest BCUT2D eigenvalue weighted by atomic mass is 10.1. The molecule has 1 amide bonds. The van der Waals surface area contributed by atoms with Gasteiger partial charge < -0.3 is 10.1 Å². The number of hydrogen-bond acceptors (Lipinski definition) is 3. The van der Waals surface area contributed by atoms with Crippen molar-refractivity contribution >= 4 is 12.2 Å². The van der Waals surface area contributed by atoms with E-state index in [0.717, 1.165) is 17.8 Å². The summed E-state index contributed by atoms with van der Waals surface area (Å²) in [4.78, 5) is 26.6. The zero-order valence-corrected chi connectivity index (χ0v) is 10.6. The second-order valence-corrected chi connectivity index (χ2v) is 4.27. The Morgan fingerprint density at radius 1 is 1.25 bits per heavy atom. The van der Waals surface area contributed by atoms with E-state index in [2.05, 4.69) is 10.3 Å². The Kier molecular flexibility index (Phi) is 4.55. The first-order valence-corrected chi connectivity index (χ1v) is 6.10. The van der Waals surface area contributed by atoms with Crippen molar-refractivity contribution in [2.75, 3.05) is 0 Å². The van der Waals surface area contributed by atoms with E-state index in [1.54, 1.807) is 0 Å². The minimum atomic E-state index is -0.642. The van der Waals surface area contributed by atoms with Crippen molar-refractivity contribution in [2.45, 2.75) is 12.5 Å². The number of carbonyl (C=O) groups excluding carboxylic acids is 2. The number of rotatable bonds is 5. The van der Waals surface area contributed by atoms with Crippen molar-refractivity contribution in [1.29, 1.82) is 0 Å². The summed E-state index contributed by atoms with van der Waals surface area (Å²) in [5, 5.41) is 2.56. The molecule has 4 nitrogen and oxygen atoms in total. The Balaban J connectivity index is 2.01. The highest BCUT2D eigenvalue weighted by Crippen LogP contribution is 2.03. The minimum absolute atomic E-state index is 0.0753. The van der Waals surface area contributed by atoms with Crippen molar-refractivity contribution in [2.24, 2.45) is 0 Å². The topological polar surface area (TPSA) is 59.1 Å². The number of pyridine rings is 1. The first-order valence-electron chi connectivity index (χ1n) is 6.10. The van der Waals surface area contributed by atoms with Gasteiger partial charge in [-0.05, 0) is 24.1 Å². The summed E-state index contributed by atoms with van der Waals surface area (Å²) in [6.07, 6.45) is 2.04. The van der Waals surface area contributed by atoms with Gasteiger partial charge in [0, 0.05) is 0 Å². The van der Waals surface area contributed by atoms with Crippen LogP contribution in [0.25, 0.3) is 0 Å². The maximum atomic E-state index is 12.7. The van der Waals surface area contributed by atoms with E-state index in [1.807, 2.05) is 30.3 Å². The average Bonchev–Trinajstić information content (AvgIpc) is 2.48. The molecule has 20 heavy (non-hydrogen) atoms. The van der Waals surface area contributed by atoms with E-state index in [1.165, 1.54) is 6.07 Å². The second kappa shape index (κ2) is 6.56. The predicted octanol–water partition coefficient (Wildman–Crippen LogP) is 1.76. The Labute approximate surface area is 115 Å². The monoisotopic (exact) mass is 272 g/mol. The van der Waals surface area contributed by atoms with E-state index >= 15 is 0 Å². The van der Waals surface area contributed by atoms with E-state index in [4.69, 9.17) is 0 Å². The maximum Gasteiger partial charge on any atom is 0.270 e. The number of nitrogens with one attached hydrogen (secondary N) is 1. The van der Waals surface area contributed by atoms with Gasteiger partial charge in [-0.3, -0.25) is 4.79 Å². The Bertz CT molecular complexity index is 585. The van der Waals surface area contributed by atoms with Crippen LogP contribution in [0.4, 0.5) is 4.39 Å². The summed E-state index contributed by atoms with van der Waals surface area (Å²) >= 11 is 0. The van der Waals surface area contributed by atoms with Crippen molar-refractivity contribution < 1.29 is 14.0 Å². The van der Waals surface area contributed by atoms with Crippen LogP contribution in [0.15, 0.2) is 48.7 Å². The summed E-state index contributed by atoms with van der Waals surface area (Å²) in [6, 6.07) is 11.1. The highest BCUT2D eigenvalue weighted by Gasteiger charge is 2.14. The fraction of sp³-hybridized carbons (Fsp3) is 0.133. The zero-order chi connectivity index (χ0) is 14.4. The number of aldehydes is 1. The quantitative estimate of drug-likeness (QED) is 0.844. The molecule has 1 unspecified atom stereocenters. The number of amides is 1. The SMILES string of the molecule is O=CC(Cc1ccccc1)NC(=O)c1ccc(F)cn1. The summed E-state index contributed by atoms with van der Waals surface area (Å²) in [5.74, 6) is -1.02. The predicted molar refractivity (Wildman–Crippen MR) is 71.7 cm³/mol. The normalized spacial score (nSPS) is 11.7. The molecule has 1 atom stereocenters. The first kappa shape index (κ1) is 13.9. The van der Waals surface area contributed by atoms with Gasteiger partial charge in [-0.25, -0.2) is 9.37 Å². The molecule has 1 aromatic heterocycles. The van der Waals surface area contributed by atoms with E-state index in [0.29, 0.717) is 12.7 Å². The van der Waals surface area contributed by atoms with Crippen LogP contribution in [0, 0.1) is 5.82 Å². The summed E-state index contributed by atoms with van der Waals surface area (Å²) < 4.78 is 12.7. The molecular weight excluding hydrogens is 259 g/mol. The Hall–Kier alpha value is -2.56. The Morgan fingerprint density at radius 2 is 2.00 bits per heavy atom. The van der Waals surface area contributed by atoms with Crippen LogP contribution in [-0.2, 0) is 11.2 Å². The number of nitrogens with zero attached hydrogens (tertiary/aromatic N) is 1. The molecule has 0 bridgehead atoms. The molecule has 2 rings (SSSR count). The molecule has 0 saturated carbocycles. The first-order chi connectivity index (χ1) is 9.69. The molecule has 1 aromatic carbocycles. The number of carbonyl (C=O) groups is 2. The van der Waals surface area contributed by atoms with Crippen molar-refractivity contribution in [3.63, 3.8) is 0 Å². The molecule has 0 aliphatic heterocycles. The largest absolute Gasteiger partial charge is 0.341 e. The number of halogens is 1. The molecule has 1 heterocycles. The number of benzene rings is 1. The molecule has 0 spiro atoms. The van der Waals surface area contributed by atoms with Gasteiger partial charge in [0.05, 0.1) is 12.2 Å². The highest BCUT2D eigenvalue weighted by molar-refractivity contribution is 5.93. The van der Waals surface area contributed by atoms with Crippen molar-refractivity contribution in [3.05, 3.63) is 65.7 Å². The maximum absolute atomic E-state index is 12.7. The minimum Gasteiger partial charge on any atom is -0.341 e. The van der Waals surface area contributed by atoms with Gasteiger partial charge in [0.1, 0.15) is 17.8 Å². The lowest BCUT2D eigenvalue weighted by Gasteiger charge is -2.12. The van der Waals surface area contributed by atoms with Crippen LogP contribution in [0.1, 0.15) is 16.1 Å². The second-order valence-electron chi connectivity index (χ2n) is 4.27. The third-order valence-corrected chi connectivity index (χ3v) is 2.74. The molecule has 0 aliphatic carbocycles. The molecule has 1 N–H and O–H groups in total. The van der Waals surface area contributed by atoms with Crippen molar-refractivity contribution in [1.82, 2.24) is 10.3 Å². The zero-order valence-electron chi connectivity index (χ0n) is 10.6. The average molecular weight is 272 g/mol. The fourth-order valence-corrected chi connectivity index (χ4v) is 1.75. The van der Waals surface area contributed by atoms with Gasteiger partial charge in [0.2, 0.25) is 0 Å². The van der Waals surface area contributed by atoms with Crippen molar-refractivity contribution in [3.8, 4) is 0 Å². The van der Waals surface area contributed by atoms with E-state index in [-0.39, 0.29) is 5.69 Å². The summed E-state index contributed by atoms with van der Waals surface area (Å²) in [5.41, 5.74) is 1.02. The van der Waals surface area contributed by atoms with E-state index < -0.39 is 17.8 Å². The van der Waals surface area contributed by atoms with Crippen LogP contribution < -0.4 is 5.32 Å². The van der Waals surface area contributed by atoms with Gasteiger partial charge in [0.25, 0.3) is 5.91 Å². The molecule has 102 valence electrons. The lowest BCUT2D eigenvalue weighted by molar-refractivity contribution is -0.109. The summed E-state index contributed by atoms with van der Waals surface area (Å²) in [7, 11) is 0. The van der Waals surface area contributed by atoms with Gasteiger partial charge >= 0.3 is 0 Å². The van der Waals surface area contributed by atoms with Crippen LogP contribution in [0.5, 0.6) is 0 Å². The Morgan fingerprint density at radius 3 is 2.60 bits per heavy atom. The van der Waals surface area contributed by atoms with Gasteiger partial charge in [0.15, 0.2) is 0 Å². The summed E-state index contributed by atoms with van der Waals surface area (Å²) in [6.45, 7) is 0. The molecule has 0 fully saturated rings. The van der Waals surface area contributed by atoms with Crippen LogP contribution in [0.2, 0.25) is 0 Å². The van der Waals surface area contributed by atoms with E-state index in [9.17, 15) is 14.0 Å². The molecule has 2 aromatic rings.